The zero-order chi connectivity index (χ0) is 10.8. The maximum Gasteiger partial charge on any atom is 0.416 e. The van der Waals surface area contributed by atoms with Crippen LogP contribution in [0.5, 0.6) is 0 Å². The third-order valence-corrected chi connectivity index (χ3v) is 2.23. The first-order chi connectivity index (χ1) is 6.45. The van der Waals surface area contributed by atoms with Crippen molar-refractivity contribution in [3.05, 3.63) is 33.8 Å². The van der Waals surface area contributed by atoms with Gasteiger partial charge < -0.3 is 5.84 Å². The van der Waals surface area contributed by atoms with E-state index in [-0.39, 0.29) is 0 Å². The van der Waals surface area contributed by atoms with Gasteiger partial charge in [-0.1, -0.05) is 22.0 Å². The number of hydrazone groups is 1. The van der Waals surface area contributed by atoms with Crippen molar-refractivity contribution < 1.29 is 13.2 Å². The van der Waals surface area contributed by atoms with Crippen LogP contribution in [0.1, 0.15) is 11.1 Å². The Morgan fingerprint density at radius 1 is 1.36 bits per heavy atom. The SMILES string of the molecule is NN=Cc1ccc(C(F)(F)F)cc1Br. The topological polar surface area (TPSA) is 38.4 Å². The minimum atomic E-state index is -4.33. The van der Waals surface area contributed by atoms with E-state index < -0.39 is 11.7 Å². The van der Waals surface area contributed by atoms with Crippen LogP contribution in [0.25, 0.3) is 0 Å². The van der Waals surface area contributed by atoms with Gasteiger partial charge in [-0.05, 0) is 12.1 Å². The predicted molar refractivity (Wildman–Crippen MR) is 50.9 cm³/mol. The van der Waals surface area contributed by atoms with Gasteiger partial charge in [-0.15, -0.1) is 0 Å². The average molecular weight is 267 g/mol. The normalized spacial score (nSPS) is 12.3. The maximum atomic E-state index is 12.2. The van der Waals surface area contributed by atoms with E-state index in [4.69, 9.17) is 5.84 Å². The minimum absolute atomic E-state index is 0.307. The highest BCUT2D eigenvalue weighted by molar-refractivity contribution is 9.10. The van der Waals surface area contributed by atoms with Crippen molar-refractivity contribution in [3.8, 4) is 0 Å². The van der Waals surface area contributed by atoms with Crippen LogP contribution in [0.4, 0.5) is 13.2 Å². The summed E-state index contributed by atoms with van der Waals surface area (Å²) in [7, 11) is 0. The highest BCUT2D eigenvalue weighted by Crippen LogP contribution is 2.31. The lowest BCUT2D eigenvalue weighted by Crippen LogP contribution is -2.05. The Morgan fingerprint density at radius 3 is 2.43 bits per heavy atom. The first-order valence-electron chi connectivity index (χ1n) is 3.55. The summed E-state index contributed by atoms with van der Waals surface area (Å²) in [6, 6.07) is 3.25. The molecule has 0 unspecified atom stereocenters. The van der Waals surface area contributed by atoms with Crippen LogP contribution in [0.2, 0.25) is 0 Å². The van der Waals surface area contributed by atoms with E-state index in [1.807, 2.05) is 0 Å². The van der Waals surface area contributed by atoms with Crippen molar-refractivity contribution in [2.24, 2.45) is 10.9 Å². The molecule has 1 aromatic carbocycles. The van der Waals surface area contributed by atoms with Gasteiger partial charge in [0.15, 0.2) is 0 Å². The molecule has 0 fully saturated rings. The number of hydrogen-bond acceptors (Lipinski definition) is 2. The summed E-state index contributed by atoms with van der Waals surface area (Å²) < 4.78 is 36.9. The number of rotatable bonds is 1. The Bertz CT molecular complexity index is 360. The smallest absolute Gasteiger partial charge is 0.323 e. The second-order valence-electron chi connectivity index (χ2n) is 2.51. The number of benzene rings is 1. The summed E-state index contributed by atoms with van der Waals surface area (Å²) in [5.74, 6) is 4.88. The molecule has 0 saturated carbocycles. The van der Waals surface area contributed by atoms with Gasteiger partial charge in [-0.2, -0.15) is 18.3 Å². The number of hydrogen-bond donors (Lipinski definition) is 1. The first kappa shape index (κ1) is 11.0. The molecule has 0 aliphatic heterocycles. The maximum absolute atomic E-state index is 12.2. The number of nitrogens with two attached hydrogens (primary N) is 1. The van der Waals surface area contributed by atoms with E-state index >= 15 is 0 Å². The van der Waals surface area contributed by atoms with E-state index in [2.05, 4.69) is 21.0 Å². The summed E-state index contributed by atoms with van der Waals surface area (Å²) in [5, 5.41) is 3.22. The third kappa shape index (κ3) is 2.47. The number of halogens is 4. The molecule has 0 saturated heterocycles. The van der Waals surface area contributed by atoms with Crippen molar-refractivity contribution in [1.82, 2.24) is 0 Å². The van der Waals surface area contributed by atoms with Gasteiger partial charge in [0.05, 0.1) is 11.8 Å². The van der Waals surface area contributed by atoms with Crippen molar-refractivity contribution >= 4 is 22.1 Å². The second-order valence-corrected chi connectivity index (χ2v) is 3.37. The molecule has 2 nitrogen and oxygen atoms in total. The van der Waals surface area contributed by atoms with Gasteiger partial charge in [-0.25, -0.2) is 0 Å². The van der Waals surface area contributed by atoms with E-state index in [1.165, 1.54) is 12.3 Å². The molecular formula is C8H6BrF3N2. The van der Waals surface area contributed by atoms with Gasteiger partial charge in [0.1, 0.15) is 0 Å². The summed E-state index contributed by atoms with van der Waals surface area (Å²) in [5.41, 5.74) is -0.209. The summed E-state index contributed by atoms with van der Waals surface area (Å²) in [6.45, 7) is 0. The molecule has 0 heterocycles. The molecule has 14 heavy (non-hydrogen) atoms. The van der Waals surface area contributed by atoms with Crippen molar-refractivity contribution in [2.75, 3.05) is 0 Å². The van der Waals surface area contributed by atoms with Crippen LogP contribution in [0, 0.1) is 0 Å². The molecule has 0 atom stereocenters. The Kier molecular flexibility index (Phi) is 3.15. The second kappa shape index (κ2) is 4.00. The fourth-order valence-electron chi connectivity index (χ4n) is 0.888. The van der Waals surface area contributed by atoms with Crippen LogP contribution < -0.4 is 5.84 Å². The van der Waals surface area contributed by atoms with Gasteiger partial charge in [-0.3, -0.25) is 0 Å². The van der Waals surface area contributed by atoms with Crippen LogP contribution in [-0.4, -0.2) is 6.21 Å². The Morgan fingerprint density at radius 2 is 2.00 bits per heavy atom. The molecule has 0 aliphatic carbocycles. The highest BCUT2D eigenvalue weighted by Gasteiger charge is 2.30. The van der Waals surface area contributed by atoms with Crippen molar-refractivity contribution in [1.29, 1.82) is 0 Å². The van der Waals surface area contributed by atoms with E-state index in [0.29, 0.717) is 10.0 Å². The van der Waals surface area contributed by atoms with Crippen molar-refractivity contribution in [3.63, 3.8) is 0 Å². The highest BCUT2D eigenvalue weighted by atomic mass is 79.9. The first-order valence-corrected chi connectivity index (χ1v) is 4.34. The minimum Gasteiger partial charge on any atom is -0.323 e. The molecule has 1 aromatic rings. The molecule has 0 aromatic heterocycles. The Labute approximate surface area is 86.7 Å². The monoisotopic (exact) mass is 266 g/mol. The molecule has 0 spiro atoms. The Hall–Kier alpha value is -1.04. The zero-order valence-electron chi connectivity index (χ0n) is 6.85. The standard InChI is InChI=1S/C8H6BrF3N2/c9-7-3-6(8(10,11)12)2-1-5(7)4-14-13/h1-4H,13H2. The number of nitrogens with zero attached hydrogens (tertiary/aromatic N) is 1. The molecule has 0 radical (unpaired) electrons. The number of alkyl halides is 3. The summed E-state index contributed by atoms with van der Waals surface area (Å²) in [4.78, 5) is 0. The van der Waals surface area contributed by atoms with Crippen LogP contribution in [-0.2, 0) is 6.18 Å². The molecule has 76 valence electrons. The van der Waals surface area contributed by atoms with Crippen LogP contribution >= 0.6 is 15.9 Å². The molecular weight excluding hydrogens is 261 g/mol. The summed E-state index contributed by atoms with van der Waals surface area (Å²) in [6.07, 6.45) is -3.06. The predicted octanol–water partition coefficient (Wildman–Crippen LogP) is 2.76. The van der Waals surface area contributed by atoms with Gasteiger partial charge >= 0.3 is 6.18 Å². The van der Waals surface area contributed by atoms with Crippen LogP contribution in [0.3, 0.4) is 0 Å². The zero-order valence-corrected chi connectivity index (χ0v) is 8.43. The molecule has 1 rings (SSSR count). The van der Waals surface area contributed by atoms with Gasteiger partial charge in [0.2, 0.25) is 0 Å². The summed E-state index contributed by atoms with van der Waals surface area (Å²) >= 11 is 2.99. The lowest BCUT2D eigenvalue weighted by molar-refractivity contribution is -0.137. The average Bonchev–Trinajstić information content (AvgIpc) is 2.07. The molecule has 2 N–H and O–H groups in total. The molecule has 0 bridgehead atoms. The molecule has 0 amide bonds. The quantitative estimate of drug-likeness (QED) is 0.474. The third-order valence-electron chi connectivity index (χ3n) is 1.54. The van der Waals surface area contributed by atoms with E-state index in [0.717, 1.165) is 12.1 Å². The van der Waals surface area contributed by atoms with Gasteiger partial charge in [0, 0.05) is 10.0 Å². The molecule has 0 aliphatic rings. The lowest BCUT2D eigenvalue weighted by atomic mass is 10.1. The Balaban J connectivity index is 3.13. The lowest BCUT2D eigenvalue weighted by Gasteiger charge is -2.07. The largest absolute Gasteiger partial charge is 0.416 e. The molecule has 6 heteroatoms. The van der Waals surface area contributed by atoms with E-state index in [1.54, 1.807) is 0 Å². The van der Waals surface area contributed by atoms with Gasteiger partial charge in [0.25, 0.3) is 0 Å². The van der Waals surface area contributed by atoms with Crippen molar-refractivity contribution in [2.45, 2.75) is 6.18 Å². The van der Waals surface area contributed by atoms with E-state index in [9.17, 15) is 13.2 Å². The fourth-order valence-corrected chi connectivity index (χ4v) is 1.37. The fraction of sp³-hybridized carbons (Fsp3) is 0.125. The van der Waals surface area contributed by atoms with Crippen LogP contribution in [0.15, 0.2) is 27.8 Å².